The zero-order valence-corrected chi connectivity index (χ0v) is 17.9. The smallest absolute Gasteiger partial charge is 0.232 e. The average Bonchev–Trinajstić information content (AvgIpc) is 2.63. The minimum Gasteiger partial charge on any atom is -0.349 e. The first-order valence-corrected chi connectivity index (χ1v) is 11.5. The molecule has 2 aromatic carbocycles. The van der Waals surface area contributed by atoms with Crippen molar-refractivity contribution in [2.75, 3.05) is 17.1 Å². The average molecular weight is 403 g/mol. The van der Waals surface area contributed by atoms with E-state index in [9.17, 15) is 13.2 Å². The number of nitrogens with one attached hydrogen (secondary N) is 1. The van der Waals surface area contributed by atoms with Crippen LogP contribution in [0.15, 0.2) is 48.5 Å². The number of nitrogens with zero attached hydrogens (tertiary/aromatic N) is 1. The van der Waals surface area contributed by atoms with Gasteiger partial charge in [-0.25, -0.2) is 8.42 Å². The van der Waals surface area contributed by atoms with Gasteiger partial charge in [0.2, 0.25) is 15.9 Å². The van der Waals surface area contributed by atoms with Crippen LogP contribution in [0.3, 0.4) is 0 Å². The number of carbonyl (C=O) groups excluding carboxylic acids is 1. The summed E-state index contributed by atoms with van der Waals surface area (Å²) in [5, 5.41) is 3.06. The minimum absolute atomic E-state index is 0.0316. The SMILES string of the molecule is CC[C@@H](NC(=O)CCCN(c1cccc(C)c1)S(C)(=O)=O)c1ccc(C)cc1. The summed E-state index contributed by atoms with van der Waals surface area (Å²) in [5.74, 6) is -0.0647. The summed E-state index contributed by atoms with van der Waals surface area (Å²) >= 11 is 0. The van der Waals surface area contributed by atoms with Crippen LogP contribution >= 0.6 is 0 Å². The fraction of sp³-hybridized carbons (Fsp3) is 0.409. The molecule has 0 saturated heterocycles. The molecular weight excluding hydrogens is 372 g/mol. The summed E-state index contributed by atoms with van der Waals surface area (Å²) in [5.41, 5.74) is 3.89. The lowest BCUT2D eigenvalue weighted by atomic mass is 10.0. The molecule has 0 bridgehead atoms. The predicted molar refractivity (Wildman–Crippen MR) is 115 cm³/mol. The van der Waals surface area contributed by atoms with Gasteiger partial charge in [0.25, 0.3) is 0 Å². The van der Waals surface area contributed by atoms with Gasteiger partial charge in [0, 0.05) is 13.0 Å². The molecule has 0 unspecified atom stereocenters. The Morgan fingerprint density at radius 3 is 2.32 bits per heavy atom. The van der Waals surface area contributed by atoms with E-state index in [1.807, 2.05) is 63.2 Å². The zero-order valence-electron chi connectivity index (χ0n) is 17.1. The van der Waals surface area contributed by atoms with Crippen LogP contribution < -0.4 is 9.62 Å². The van der Waals surface area contributed by atoms with Gasteiger partial charge in [-0.1, -0.05) is 48.9 Å². The maximum atomic E-state index is 12.4. The highest BCUT2D eigenvalue weighted by atomic mass is 32.2. The van der Waals surface area contributed by atoms with Crippen LogP contribution in [0.5, 0.6) is 0 Å². The van der Waals surface area contributed by atoms with E-state index >= 15 is 0 Å². The van der Waals surface area contributed by atoms with E-state index in [1.165, 1.54) is 16.1 Å². The Morgan fingerprint density at radius 2 is 1.75 bits per heavy atom. The van der Waals surface area contributed by atoms with Crippen molar-refractivity contribution in [1.82, 2.24) is 5.32 Å². The molecular formula is C22H30N2O3S. The Kier molecular flexibility index (Phi) is 7.63. The Labute approximate surface area is 168 Å². The first-order valence-electron chi connectivity index (χ1n) is 9.61. The lowest BCUT2D eigenvalue weighted by molar-refractivity contribution is -0.121. The summed E-state index contributed by atoms with van der Waals surface area (Å²) in [6.07, 6.45) is 2.73. The fourth-order valence-corrected chi connectivity index (χ4v) is 4.10. The molecule has 1 N–H and O–H groups in total. The number of aryl methyl sites for hydroxylation is 2. The molecule has 0 aliphatic carbocycles. The first-order chi connectivity index (χ1) is 13.2. The Hall–Kier alpha value is -2.34. The minimum atomic E-state index is -3.41. The number of sulfonamides is 1. The lowest BCUT2D eigenvalue weighted by Crippen LogP contribution is -2.33. The first kappa shape index (κ1) is 22.0. The third-order valence-corrected chi connectivity index (χ3v) is 5.87. The molecule has 2 aromatic rings. The van der Waals surface area contributed by atoms with Gasteiger partial charge >= 0.3 is 0 Å². The number of benzene rings is 2. The molecule has 0 aliphatic heterocycles. The molecule has 0 heterocycles. The summed E-state index contributed by atoms with van der Waals surface area (Å²) in [4.78, 5) is 12.4. The van der Waals surface area contributed by atoms with Gasteiger partial charge < -0.3 is 5.32 Å². The van der Waals surface area contributed by atoms with Gasteiger partial charge in [0.1, 0.15) is 0 Å². The number of carbonyl (C=O) groups is 1. The van der Waals surface area contributed by atoms with Gasteiger partial charge in [-0.2, -0.15) is 0 Å². The summed E-state index contributed by atoms with van der Waals surface area (Å²) in [7, 11) is -3.41. The summed E-state index contributed by atoms with van der Waals surface area (Å²) in [6.45, 7) is 6.27. The standard InChI is InChI=1S/C22H30N2O3S/c1-5-21(19-13-11-17(2)12-14-19)23-22(25)10-7-15-24(28(4,26)27)20-9-6-8-18(3)16-20/h6,8-9,11-14,16,21H,5,7,10,15H2,1-4H3,(H,23,25)/t21-/m1/s1. The molecule has 0 fully saturated rings. The number of hydrogen-bond donors (Lipinski definition) is 1. The van der Waals surface area contributed by atoms with E-state index < -0.39 is 10.0 Å². The van der Waals surface area contributed by atoms with Crippen molar-refractivity contribution < 1.29 is 13.2 Å². The highest BCUT2D eigenvalue weighted by Crippen LogP contribution is 2.20. The second-order valence-corrected chi connectivity index (χ2v) is 9.12. The van der Waals surface area contributed by atoms with E-state index in [2.05, 4.69) is 5.32 Å². The number of rotatable bonds is 9. The molecule has 0 aromatic heterocycles. The molecule has 6 heteroatoms. The van der Waals surface area contributed by atoms with Crippen molar-refractivity contribution in [3.05, 3.63) is 65.2 Å². The van der Waals surface area contributed by atoms with E-state index in [-0.39, 0.29) is 24.9 Å². The van der Waals surface area contributed by atoms with Crippen molar-refractivity contribution in [3.8, 4) is 0 Å². The molecule has 28 heavy (non-hydrogen) atoms. The van der Waals surface area contributed by atoms with Gasteiger partial charge in [-0.05, 0) is 49.9 Å². The van der Waals surface area contributed by atoms with Crippen molar-refractivity contribution in [2.45, 2.75) is 46.1 Å². The highest BCUT2D eigenvalue weighted by Gasteiger charge is 2.18. The molecule has 0 radical (unpaired) electrons. The summed E-state index contributed by atoms with van der Waals surface area (Å²) in [6, 6.07) is 15.5. The van der Waals surface area contributed by atoms with Crippen LogP contribution in [0.1, 0.15) is 48.9 Å². The molecule has 152 valence electrons. The van der Waals surface area contributed by atoms with Crippen LogP contribution in [0, 0.1) is 13.8 Å². The molecule has 1 amide bonds. The highest BCUT2D eigenvalue weighted by molar-refractivity contribution is 7.92. The lowest BCUT2D eigenvalue weighted by Gasteiger charge is -2.23. The maximum absolute atomic E-state index is 12.4. The van der Waals surface area contributed by atoms with Crippen molar-refractivity contribution in [2.24, 2.45) is 0 Å². The maximum Gasteiger partial charge on any atom is 0.232 e. The normalized spacial score (nSPS) is 12.4. The van der Waals surface area contributed by atoms with Crippen LogP contribution in [-0.4, -0.2) is 27.1 Å². The quantitative estimate of drug-likeness (QED) is 0.686. The van der Waals surface area contributed by atoms with Gasteiger partial charge in [-0.15, -0.1) is 0 Å². The largest absolute Gasteiger partial charge is 0.349 e. The molecule has 0 aliphatic rings. The second kappa shape index (κ2) is 9.73. The van der Waals surface area contributed by atoms with Crippen molar-refractivity contribution in [1.29, 1.82) is 0 Å². The molecule has 1 atom stereocenters. The van der Waals surface area contributed by atoms with E-state index in [0.717, 1.165) is 17.5 Å². The van der Waals surface area contributed by atoms with Crippen molar-refractivity contribution >= 4 is 21.6 Å². The van der Waals surface area contributed by atoms with Gasteiger partial charge in [0.15, 0.2) is 0 Å². The zero-order chi connectivity index (χ0) is 20.7. The van der Waals surface area contributed by atoms with Crippen LogP contribution in [-0.2, 0) is 14.8 Å². The Bertz CT molecular complexity index is 892. The van der Waals surface area contributed by atoms with E-state index in [0.29, 0.717) is 12.1 Å². The molecule has 5 nitrogen and oxygen atoms in total. The third kappa shape index (κ3) is 6.37. The van der Waals surface area contributed by atoms with Gasteiger partial charge in [-0.3, -0.25) is 9.10 Å². The van der Waals surface area contributed by atoms with Crippen LogP contribution in [0.2, 0.25) is 0 Å². The number of anilines is 1. The van der Waals surface area contributed by atoms with Crippen molar-refractivity contribution in [3.63, 3.8) is 0 Å². The number of amides is 1. The van der Waals surface area contributed by atoms with Crippen LogP contribution in [0.4, 0.5) is 5.69 Å². The molecule has 0 saturated carbocycles. The second-order valence-electron chi connectivity index (χ2n) is 7.22. The molecule has 2 rings (SSSR count). The predicted octanol–water partition coefficient (Wildman–Crippen LogP) is 4.12. The Morgan fingerprint density at radius 1 is 1.07 bits per heavy atom. The van der Waals surface area contributed by atoms with Gasteiger partial charge in [0.05, 0.1) is 18.0 Å². The Balaban J connectivity index is 1.96. The van der Waals surface area contributed by atoms with E-state index in [4.69, 9.17) is 0 Å². The van der Waals surface area contributed by atoms with E-state index in [1.54, 1.807) is 6.07 Å². The monoisotopic (exact) mass is 402 g/mol. The summed E-state index contributed by atoms with van der Waals surface area (Å²) < 4.78 is 25.7. The topological polar surface area (TPSA) is 66.5 Å². The third-order valence-electron chi connectivity index (χ3n) is 4.68. The fourth-order valence-electron chi connectivity index (χ4n) is 3.14. The number of hydrogen-bond acceptors (Lipinski definition) is 3. The molecule has 0 spiro atoms. The van der Waals surface area contributed by atoms with Crippen LogP contribution in [0.25, 0.3) is 0 Å².